The number of allylic oxidation sites excluding steroid dienone is 4. The highest BCUT2D eigenvalue weighted by molar-refractivity contribution is 5.15. The van der Waals surface area contributed by atoms with Crippen LogP contribution in [-0.2, 0) is 4.74 Å². The van der Waals surface area contributed by atoms with Crippen LogP contribution in [0.4, 0.5) is 8.78 Å². The molecule has 0 heterocycles. The summed E-state index contributed by atoms with van der Waals surface area (Å²) in [6.07, 6.45) is 12.5. The molecule has 0 aliphatic carbocycles. The topological polar surface area (TPSA) is 9.23 Å². The third-order valence-corrected chi connectivity index (χ3v) is 4.04. The maximum absolute atomic E-state index is 13.0. The van der Waals surface area contributed by atoms with E-state index in [9.17, 15) is 8.78 Å². The van der Waals surface area contributed by atoms with Gasteiger partial charge in [-0.15, -0.1) is 0 Å². The van der Waals surface area contributed by atoms with Gasteiger partial charge in [-0.2, -0.15) is 0 Å². The fourth-order valence-corrected chi connectivity index (χ4v) is 2.58. The van der Waals surface area contributed by atoms with E-state index in [2.05, 4.69) is 13.8 Å². The fourth-order valence-electron chi connectivity index (χ4n) is 2.58. The van der Waals surface area contributed by atoms with Crippen molar-refractivity contribution in [3.63, 3.8) is 0 Å². The van der Waals surface area contributed by atoms with E-state index in [0.717, 1.165) is 30.8 Å². The molecule has 0 bridgehead atoms. The Balaban J connectivity index is 4.21. The second-order valence-electron chi connectivity index (χ2n) is 5.82. The van der Waals surface area contributed by atoms with E-state index in [0.29, 0.717) is 6.61 Å². The van der Waals surface area contributed by atoms with Crippen LogP contribution in [0.15, 0.2) is 23.5 Å². The van der Waals surface area contributed by atoms with Gasteiger partial charge in [0.2, 0.25) is 0 Å². The molecule has 0 aliphatic rings. The van der Waals surface area contributed by atoms with Crippen LogP contribution in [0.3, 0.4) is 0 Å². The average Bonchev–Trinajstić information content (AvgIpc) is 2.55. The Kier molecular flexibility index (Phi) is 14.5. The Morgan fingerprint density at radius 3 is 2.23 bits per heavy atom. The molecule has 130 valence electrons. The number of halogens is 2. The first kappa shape index (κ1) is 21.1. The Hall–Kier alpha value is -0.860. The van der Waals surface area contributed by atoms with Crippen LogP contribution in [0, 0.1) is 5.92 Å². The molecule has 1 unspecified atom stereocenters. The normalized spacial score (nSPS) is 14.2. The summed E-state index contributed by atoms with van der Waals surface area (Å²) in [5.74, 6) is 1.03. The van der Waals surface area contributed by atoms with Crippen LogP contribution in [-0.4, -0.2) is 20.0 Å². The van der Waals surface area contributed by atoms with Crippen LogP contribution in [0.5, 0.6) is 0 Å². The minimum Gasteiger partial charge on any atom is -0.495 e. The third kappa shape index (κ3) is 10.8. The zero-order valence-electron chi connectivity index (χ0n) is 14.7. The van der Waals surface area contributed by atoms with E-state index < -0.39 is 13.3 Å². The van der Waals surface area contributed by atoms with Crippen LogP contribution < -0.4 is 0 Å². The van der Waals surface area contributed by atoms with E-state index in [1.165, 1.54) is 32.1 Å². The van der Waals surface area contributed by atoms with Gasteiger partial charge in [0.1, 0.15) is 19.1 Å². The summed E-state index contributed by atoms with van der Waals surface area (Å²) in [7, 11) is 0. The van der Waals surface area contributed by atoms with Gasteiger partial charge < -0.3 is 4.74 Å². The molecule has 1 nitrogen and oxygen atoms in total. The summed E-state index contributed by atoms with van der Waals surface area (Å²) in [6, 6.07) is 0. The van der Waals surface area contributed by atoms with Gasteiger partial charge >= 0.3 is 0 Å². The Labute approximate surface area is 135 Å². The van der Waals surface area contributed by atoms with E-state index in [1.807, 2.05) is 6.92 Å². The third-order valence-electron chi connectivity index (χ3n) is 4.04. The molecule has 0 saturated carbocycles. The molecule has 0 N–H and O–H groups in total. The molecule has 3 heteroatoms. The Bertz CT molecular complexity index is 311. The van der Waals surface area contributed by atoms with Crippen molar-refractivity contribution in [1.82, 2.24) is 0 Å². The van der Waals surface area contributed by atoms with Crippen molar-refractivity contribution in [2.24, 2.45) is 5.92 Å². The summed E-state index contributed by atoms with van der Waals surface area (Å²) < 4.78 is 30.8. The van der Waals surface area contributed by atoms with Gasteiger partial charge in [0.15, 0.2) is 0 Å². The highest BCUT2D eigenvalue weighted by Crippen LogP contribution is 2.21. The predicted octanol–water partition coefficient (Wildman–Crippen LogP) is 6.55. The largest absolute Gasteiger partial charge is 0.495 e. The number of hydrogen-bond donors (Lipinski definition) is 0. The molecule has 0 saturated heterocycles. The van der Waals surface area contributed by atoms with Crippen molar-refractivity contribution in [1.29, 1.82) is 0 Å². The molecule has 0 fully saturated rings. The molecule has 0 aliphatic heterocycles. The highest BCUT2D eigenvalue weighted by atomic mass is 19.1. The second kappa shape index (κ2) is 15.1. The van der Waals surface area contributed by atoms with Gasteiger partial charge in [0.25, 0.3) is 0 Å². The number of unbranched alkanes of at least 4 members (excludes halogenated alkanes) is 2. The highest BCUT2D eigenvalue weighted by Gasteiger charge is 2.07. The molecular formula is C19H34F2O. The second-order valence-corrected chi connectivity index (χ2v) is 5.82. The van der Waals surface area contributed by atoms with Gasteiger partial charge in [-0.1, -0.05) is 58.4 Å². The van der Waals surface area contributed by atoms with Crippen molar-refractivity contribution in [3.05, 3.63) is 23.5 Å². The van der Waals surface area contributed by atoms with Crippen molar-refractivity contribution in [2.45, 2.75) is 72.1 Å². The average molecular weight is 316 g/mol. The zero-order chi connectivity index (χ0) is 16.6. The summed E-state index contributed by atoms with van der Waals surface area (Å²) >= 11 is 0. The SMILES string of the molecule is CCCCCC(CC)CCC/C(=C/C=C(\CF)OCC)CF. The van der Waals surface area contributed by atoms with Gasteiger partial charge in [-0.25, -0.2) is 8.78 Å². The van der Waals surface area contributed by atoms with Crippen molar-refractivity contribution in [3.8, 4) is 0 Å². The smallest absolute Gasteiger partial charge is 0.146 e. The maximum Gasteiger partial charge on any atom is 0.146 e. The lowest BCUT2D eigenvalue weighted by atomic mass is 9.92. The first-order valence-electron chi connectivity index (χ1n) is 8.84. The lowest BCUT2D eigenvalue weighted by Gasteiger charge is -2.14. The van der Waals surface area contributed by atoms with Crippen molar-refractivity contribution in [2.75, 3.05) is 20.0 Å². The first-order chi connectivity index (χ1) is 10.7. The van der Waals surface area contributed by atoms with Gasteiger partial charge in [0, 0.05) is 0 Å². The van der Waals surface area contributed by atoms with Gasteiger partial charge in [-0.05, 0) is 37.3 Å². The predicted molar refractivity (Wildman–Crippen MR) is 91.5 cm³/mol. The number of hydrogen-bond acceptors (Lipinski definition) is 1. The number of alkyl halides is 2. The van der Waals surface area contributed by atoms with E-state index in [1.54, 1.807) is 12.2 Å². The fraction of sp³-hybridized carbons (Fsp3) is 0.789. The van der Waals surface area contributed by atoms with Crippen molar-refractivity contribution >= 4 is 0 Å². The van der Waals surface area contributed by atoms with Crippen molar-refractivity contribution < 1.29 is 13.5 Å². The molecule has 0 spiro atoms. The van der Waals surface area contributed by atoms with Gasteiger partial charge in [0.05, 0.1) is 6.61 Å². The number of rotatable bonds is 14. The molecule has 0 rings (SSSR count). The lowest BCUT2D eigenvalue weighted by Crippen LogP contribution is -2.00. The Morgan fingerprint density at radius 2 is 1.68 bits per heavy atom. The van der Waals surface area contributed by atoms with Gasteiger partial charge in [-0.3, -0.25) is 0 Å². The molecule has 0 aromatic rings. The lowest BCUT2D eigenvalue weighted by molar-refractivity contribution is 0.204. The first-order valence-corrected chi connectivity index (χ1v) is 8.84. The summed E-state index contributed by atoms with van der Waals surface area (Å²) in [4.78, 5) is 0. The van der Waals surface area contributed by atoms with E-state index in [4.69, 9.17) is 4.74 Å². The molecular weight excluding hydrogens is 282 g/mol. The molecule has 0 radical (unpaired) electrons. The van der Waals surface area contributed by atoms with E-state index in [-0.39, 0.29) is 5.76 Å². The quantitative estimate of drug-likeness (QED) is 0.200. The monoisotopic (exact) mass is 316 g/mol. The molecule has 0 aromatic carbocycles. The summed E-state index contributed by atoms with van der Waals surface area (Å²) in [6.45, 7) is 5.60. The van der Waals surface area contributed by atoms with E-state index >= 15 is 0 Å². The minimum atomic E-state index is -0.640. The van der Waals surface area contributed by atoms with Crippen LogP contribution in [0.2, 0.25) is 0 Å². The zero-order valence-corrected chi connectivity index (χ0v) is 14.7. The molecule has 0 aromatic heterocycles. The molecule has 22 heavy (non-hydrogen) atoms. The minimum absolute atomic E-state index is 0.277. The summed E-state index contributed by atoms with van der Waals surface area (Å²) in [5, 5.41) is 0. The maximum atomic E-state index is 13.0. The molecule has 0 amide bonds. The standard InChI is InChI=1S/C19H34F2O/c1-4-7-8-10-17(5-2)11-9-12-18(15-20)13-14-19(16-21)22-6-3/h13-14,17H,4-12,15-16H2,1-3H3/b18-13-,19-14+. The van der Waals surface area contributed by atoms with Crippen LogP contribution >= 0.6 is 0 Å². The van der Waals surface area contributed by atoms with Crippen LogP contribution in [0.25, 0.3) is 0 Å². The van der Waals surface area contributed by atoms with Crippen LogP contribution in [0.1, 0.15) is 72.1 Å². The number of ether oxygens (including phenoxy) is 1. The Morgan fingerprint density at radius 1 is 0.955 bits per heavy atom. The summed E-state index contributed by atoms with van der Waals surface area (Å²) in [5.41, 5.74) is 0.731. The molecule has 1 atom stereocenters.